The molecule has 25 heavy (non-hydrogen) atoms. The molecular weight excluding hydrogens is 433 g/mol. The van der Waals surface area contributed by atoms with Crippen LogP contribution in [0.4, 0.5) is 0 Å². The lowest BCUT2D eigenvalue weighted by molar-refractivity contribution is -0.746. The number of fused-ring (bicyclic) bond motifs is 6. The summed E-state index contributed by atoms with van der Waals surface area (Å²) >= 11 is 2.67. The van der Waals surface area contributed by atoms with Gasteiger partial charge in [-0.2, -0.15) is 4.57 Å². The third-order valence-electron chi connectivity index (χ3n) is 5.61. The Balaban J connectivity index is 1.99. The van der Waals surface area contributed by atoms with Crippen LogP contribution in [-0.2, 0) is 12.0 Å². The van der Waals surface area contributed by atoms with Crippen molar-refractivity contribution in [1.29, 1.82) is 0 Å². The maximum Gasteiger partial charge on any atom is 0.213 e. The van der Waals surface area contributed by atoms with Gasteiger partial charge in [-0.1, -0.05) is 51.6 Å². The number of hydrogen-bond donors (Lipinski definition) is 0. The van der Waals surface area contributed by atoms with E-state index in [9.17, 15) is 0 Å². The fourth-order valence-corrected chi connectivity index (χ4v) is 6.72. The highest BCUT2D eigenvalue weighted by Crippen LogP contribution is 2.48. The number of halogens is 1. The maximum atomic E-state index is 2.67. The third kappa shape index (κ3) is 2.74. The van der Waals surface area contributed by atoms with Crippen LogP contribution in [0, 0.1) is 5.41 Å². The predicted molar refractivity (Wildman–Crippen MR) is 116 cm³/mol. The summed E-state index contributed by atoms with van der Waals surface area (Å²) in [5, 5.41) is 1.59. The van der Waals surface area contributed by atoms with Gasteiger partial charge in [-0.05, 0) is 35.1 Å². The van der Waals surface area contributed by atoms with E-state index in [4.69, 9.17) is 0 Å². The molecule has 1 aliphatic carbocycles. The molecular formula is C22H26INSi+. The van der Waals surface area contributed by atoms with Crippen LogP contribution in [0.3, 0.4) is 0 Å². The van der Waals surface area contributed by atoms with Crippen molar-refractivity contribution in [3.8, 4) is 11.3 Å². The third-order valence-corrected chi connectivity index (χ3v) is 8.55. The van der Waals surface area contributed by atoms with Crippen LogP contribution in [0.1, 0.15) is 44.7 Å². The Bertz CT molecular complexity index is 878. The number of hydrogen-bond acceptors (Lipinski definition) is 0. The summed E-state index contributed by atoms with van der Waals surface area (Å²) in [6.07, 6.45) is 7.85. The smallest absolute Gasteiger partial charge is 0.189 e. The first-order chi connectivity index (χ1) is 11.7. The van der Waals surface area contributed by atoms with Crippen molar-refractivity contribution in [2.45, 2.75) is 52.1 Å². The Morgan fingerprint density at radius 2 is 1.96 bits per heavy atom. The van der Waals surface area contributed by atoms with Crippen LogP contribution in [0.2, 0.25) is 6.55 Å². The molecule has 2 atom stereocenters. The van der Waals surface area contributed by atoms with E-state index in [-0.39, 0.29) is 5.54 Å². The Kier molecular flexibility index (Phi) is 4.04. The lowest BCUT2D eigenvalue weighted by atomic mass is 9.67. The van der Waals surface area contributed by atoms with E-state index in [1.807, 2.05) is 0 Å². The molecule has 0 N–H and O–H groups in total. The minimum absolute atomic E-state index is 0.0899. The molecule has 2 aliphatic rings. The second kappa shape index (κ2) is 5.78. The number of allylic oxidation sites excluding steroid dienone is 2. The standard InChI is InChI=1S/C22H26INSi/c1-21(2,3)13-15-12-19-17-9-7-6-8-16(17)18-10-11-22(18,4)24(19)14-20(15)25(5)23/h6-12,14,18H,13H2,1-5H3/q+1. The maximum absolute atomic E-state index is 2.67. The van der Waals surface area contributed by atoms with Gasteiger partial charge in [-0.15, -0.1) is 21.8 Å². The van der Waals surface area contributed by atoms with E-state index in [1.165, 1.54) is 16.8 Å². The second-order valence-corrected chi connectivity index (χ2v) is 15.3. The van der Waals surface area contributed by atoms with Crippen molar-refractivity contribution >= 4 is 33.3 Å². The van der Waals surface area contributed by atoms with Gasteiger partial charge in [-0.3, -0.25) is 0 Å². The van der Waals surface area contributed by atoms with Crippen LogP contribution in [0.25, 0.3) is 11.3 Å². The van der Waals surface area contributed by atoms with Crippen LogP contribution in [0.5, 0.6) is 0 Å². The van der Waals surface area contributed by atoms with Crippen molar-refractivity contribution in [2.24, 2.45) is 5.41 Å². The van der Waals surface area contributed by atoms with Crippen LogP contribution in [0.15, 0.2) is 48.7 Å². The minimum atomic E-state index is -0.540. The summed E-state index contributed by atoms with van der Waals surface area (Å²) in [5.41, 5.74) is 6.23. The zero-order valence-corrected chi connectivity index (χ0v) is 18.9. The molecule has 2 unspecified atom stereocenters. The Labute approximate surface area is 166 Å². The molecule has 1 aromatic heterocycles. The van der Waals surface area contributed by atoms with Crippen molar-refractivity contribution in [3.63, 3.8) is 0 Å². The highest BCUT2D eigenvalue weighted by Gasteiger charge is 2.52. The average Bonchev–Trinajstić information content (AvgIpc) is 2.50. The Morgan fingerprint density at radius 3 is 2.56 bits per heavy atom. The van der Waals surface area contributed by atoms with Crippen molar-refractivity contribution in [1.82, 2.24) is 0 Å². The largest absolute Gasteiger partial charge is 0.213 e. The molecule has 0 bridgehead atoms. The van der Waals surface area contributed by atoms with E-state index in [2.05, 4.69) is 109 Å². The van der Waals surface area contributed by atoms with Gasteiger partial charge >= 0.3 is 0 Å². The molecule has 2 aromatic rings. The van der Waals surface area contributed by atoms with Crippen molar-refractivity contribution in [3.05, 3.63) is 59.8 Å². The highest BCUT2D eigenvalue weighted by atomic mass is 127. The molecule has 1 aromatic carbocycles. The molecule has 4 rings (SSSR count). The van der Waals surface area contributed by atoms with Gasteiger partial charge in [-0.25, -0.2) is 0 Å². The molecule has 129 valence electrons. The minimum Gasteiger partial charge on any atom is -0.189 e. The van der Waals surface area contributed by atoms with Crippen molar-refractivity contribution < 1.29 is 4.57 Å². The van der Waals surface area contributed by atoms with Gasteiger partial charge in [0.05, 0.1) is 11.5 Å². The lowest BCUT2D eigenvalue weighted by Gasteiger charge is -2.41. The van der Waals surface area contributed by atoms with E-state index in [0.717, 1.165) is 6.42 Å². The summed E-state index contributed by atoms with van der Waals surface area (Å²) in [6.45, 7) is 11.8. The summed E-state index contributed by atoms with van der Waals surface area (Å²) in [6, 6.07) is 11.5. The highest BCUT2D eigenvalue weighted by molar-refractivity contribution is 14.1. The summed E-state index contributed by atoms with van der Waals surface area (Å²) < 4.78 is 2.56. The zero-order chi connectivity index (χ0) is 18.0. The molecule has 0 saturated heterocycles. The van der Waals surface area contributed by atoms with Gasteiger partial charge < -0.3 is 0 Å². The molecule has 3 heteroatoms. The zero-order valence-electron chi connectivity index (χ0n) is 15.7. The molecule has 0 spiro atoms. The SMILES string of the molecule is C[Si](I)c1c[n+]2c(cc1CC(C)(C)C)-c1ccccc1C1C=CC12C. The summed E-state index contributed by atoms with van der Waals surface area (Å²) in [5.74, 6) is 0.504. The molecule has 1 nitrogen and oxygen atoms in total. The number of benzene rings is 1. The first kappa shape index (κ1) is 17.5. The van der Waals surface area contributed by atoms with Crippen LogP contribution < -0.4 is 9.75 Å². The number of nitrogens with zero attached hydrogens (tertiary/aromatic N) is 1. The fourth-order valence-electron chi connectivity index (χ4n) is 4.35. The quantitative estimate of drug-likeness (QED) is 0.198. The molecule has 1 aliphatic heterocycles. The van der Waals surface area contributed by atoms with Gasteiger partial charge in [0, 0.05) is 18.2 Å². The van der Waals surface area contributed by atoms with Gasteiger partial charge in [0.25, 0.3) is 0 Å². The molecule has 0 saturated carbocycles. The average molecular weight is 459 g/mol. The predicted octanol–water partition coefficient (Wildman–Crippen LogP) is 4.88. The number of aromatic nitrogens is 1. The number of rotatable bonds is 2. The number of pyridine rings is 1. The van der Waals surface area contributed by atoms with E-state index < -0.39 is 6.29 Å². The Hall–Kier alpha value is -0.943. The van der Waals surface area contributed by atoms with Crippen molar-refractivity contribution in [2.75, 3.05) is 0 Å². The monoisotopic (exact) mass is 459 g/mol. The van der Waals surface area contributed by atoms with Gasteiger partial charge in [0.2, 0.25) is 5.69 Å². The summed E-state index contributed by atoms with van der Waals surface area (Å²) in [4.78, 5) is 0. The molecule has 0 amide bonds. The normalized spacial score (nSPS) is 23.7. The van der Waals surface area contributed by atoms with Crippen LogP contribution >= 0.6 is 21.8 Å². The first-order valence-electron chi connectivity index (χ1n) is 9.08. The first-order valence-corrected chi connectivity index (χ1v) is 14.2. The molecule has 0 fully saturated rings. The topological polar surface area (TPSA) is 3.88 Å². The summed E-state index contributed by atoms with van der Waals surface area (Å²) in [7, 11) is 0. The lowest BCUT2D eigenvalue weighted by Crippen LogP contribution is -2.64. The van der Waals surface area contributed by atoms with E-state index in [0.29, 0.717) is 11.3 Å². The van der Waals surface area contributed by atoms with E-state index >= 15 is 0 Å². The molecule has 1 radical (unpaired) electrons. The van der Waals surface area contributed by atoms with Crippen LogP contribution in [-0.4, -0.2) is 6.29 Å². The molecule has 2 heterocycles. The second-order valence-electron chi connectivity index (χ2n) is 8.89. The van der Waals surface area contributed by atoms with Gasteiger partial charge in [0.1, 0.15) is 0 Å². The fraction of sp³-hybridized carbons (Fsp3) is 0.409. The van der Waals surface area contributed by atoms with Gasteiger partial charge in [0.15, 0.2) is 18.0 Å². The van der Waals surface area contributed by atoms with E-state index in [1.54, 1.807) is 10.8 Å². The Morgan fingerprint density at radius 1 is 1.24 bits per heavy atom.